The lowest BCUT2D eigenvalue weighted by Gasteiger charge is -2.16. The molecule has 0 heterocycles. The number of carboxylic acid groups (broad SMARTS) is 1. The summed E-state index contributed by atoms with van der Waals surface area (Å²) in [5.74, 6) is -2.74. The van der Waals surface area contributed by atoms with E-state index in [2.05, 4.69) is 4.18 Å². The van der Waals surface area contributed by atoms with Gasteiger partial charge in [0.1, 0.15) is 0 Å². The van der Waals surface area contributed by atoms with E-state index in [1.807, 2.05) is 0 Å². The van der Waals surface area contributed by atoms with E-state index in [4.69, 9.17) is 9.84 Å². The fourth-order valence-corrected chi connectivity index (χ4v) is 2.94. The van der Waals surface area contributed by atoms with Crippen LogP contribution in [-0.2, 0) is 26.1 Å². The molecule has 0 aromatic heterocycles. The predicted molar refractivity (Wildman–Crippen MR) is 94.8 cm³/mol. The number of aliphatic carboxylic acids is 1. The first-order chi connectivity index (χ1) is 13.5. The third kappa shape index (κ3) is 5.25. The number of alkyl halides is 3. The van der Waals surface area contributed by atoms with Crippen LogP contribution in [0.5, 0.6) is 5.75 Å². The Morgan fingerprint density at radius 2 is 1.76 bits per heavy atom. The Hall–Kier alpha value is -3.08. The molecule has 0 aliphatic heterocycles. The van der Waals surface area contributed by atoms with Crippen molar-refractivity contribution in [2.24, 2.45) is 0 Å². The zero-order chi connectivity index (χ0) is 21.8. The summed E-state index contributed by atoms with van der Waals surface area (Å²) < 4.78 is 70.3. The molecule has 0 fully saturated rings. The third-order valence-electron chi connectivity index (χ3n) is 3.60. The van der Waals surface area contributed by atoms with E-state index in [0.717, 1.165) is 12.1 Å². The molecular weight excluding hydrogens is 417 g/mol. The van der Waals surface area contributed by atoms with Gasteiger partial charge in [0.15, 0.2) is 5.75 Å². The van der Waals surface area contributed by atoms with Crippen molar-refractivity contribution >= 4 is 22.1 Å². The van der Waals surface area contributed by atoms with Gasteiger partial charge in [0.25, 0.3) is 0 Å². The van der Waals surface area contributed by atoms with Crippen molar-refractivity contribution in [2.45, 2.75) is 18.9 Å². The van der Waals surface area contributed by atoms with E-state index in [9.17, 15) is 31.2 Å². The Labute approximate surface area is 163 Å². The van der Waals surface area contributed by atoms with Gasteiger partial charge >= 0.3 is 27.6 Å². The molecule has 0 amide bonds. The molecule has 0 aliphatic carbocycles. The molecule has 0 saturated carbocycles. The highest BCUT2D eigenvalue weighted by Crippen LogP contribution is 2.37. The average Bonchev–Trinajstić information content (AvgIpc) is 2.60. The molecule has 156 valence electrons. The SMILES string of the molecule is CCOC(=O)c1cccc(-c2c(CC(=O)O)cccc2OS(=O)(=O)C(F)(F)F)c1. The number of esters is 1. The highest BCUT2D eigenvalue weighted by molar-refractivity contribution is 7.88. The van der Waals surface area contributed by atoms with Gasteiger partial charge in [-0.05, 0) is 36.2 Å². The van der Waals surface area contributed by atoms with Crippen molar-refractivity contribution in [1.29, 1.82) is 0 Å². The van der Waals surface area contributed by atoms with Crippen LogP contribution in [0.25, 0.3) is 11.1 Å². The summed E-state index contributed by atoms with van der Waals surface area (Å²) in [5, 5.41) is 9.09. The first kappa shape index (κ1) is 22.2. The molecule has 7 nitrogen and oxygen atoms in total. The fourth-order valence-electron chi connectivity index (χ4n) is 2.47. The van der Waals surface area contributed by atoms with Crippen LogP contribution in [0.2, 0.25) is 0 Å². The number of benzene rings is 2. The summed E-state index contributed by atoms with van der Waals surface area (Å²) in [5.41, 5.74) is -5.76. The Balaban J connectivity index is 2.67. The molecule has 0 spiro atoms. The van der Waals surface area contributed by atoms with Crippen LogP contribution in [0.3, 0.4) is 0 Å². The molecule has 1 N–H and O–H groups in total. The molecule has 0 saturated heterocycles. The molecule has 2 aromatic carbocycles. The van der Waals surface area contributed by atoms with Crippen molar-refractivity contribution < 1.29 is 45.2 Å². The van der Waals surface area contributed by atoms with Crippen molar-refractivity contribution in [1.82, 2.24) is 0 Å². The van der Waals surface area contributed by atoms with Crippen LogP contribution >= 0.6 is 0 Å². The lowest BCUT2D eigenvalue weighted by molar-refractivity contribution is -0.136. The van der Waals surface area contributed by atoms with Crippen LogP contribution < -0.4 is 4.18 Å². The smallest absolute Gasteiger partial charge is 0.481 e. The highest BCUT2D eigenvalue weighted by atomic mass is 32.2. The van der Waals surface area contributed by atoms with Crippen LogP contribution in [-0.4, -0.2) is 37.6 Å². The first-order valence-corrected chi connectivity index (χ1v) is 9.49. The van der Waals surface area contributed by atoms with Crippen LogP contribution in [0.4, 0.5) is 13.2 Å². The van der Waals surface area contributed by atoms with Gasteiger partial charge in [0.2, 0.25) is 0 Å². The fraction of sp³-hybridized carbons (Fsp3) is 0.222. The van der Waals surface area contributed by atoms with Gasteiger partial charge in [-0.25, -0.2) is 4.79 Å². The second kappa shape index (κ2) is 8.52. The average molecular weight is 432 g/mol. The van der Waals surface area contributed by atoms with Crippen LogP contribution in [0, 0.1) is 0 Å². The minimum absolute atomic E-state index is 0.00613. The molecule has 0 atom stereocenters. The summed E-state index contributed by atoms with van der Waals surface area (Å²) in [6.45, 7) is 1.66. The maximum atomic E-state index is 12.8. The lowest BCUT2D eigenvalue weighted by Crippen LogP contribution is -2.28. The Morgan fingerprint density at radius 1 is 1.10 bits per heavy atom. The van der Waals surface area contributed by atoms with Gasteiger partial charge in [-0.3, -0.25) is 4.79 Å². The predicted octanol–water partition coefficient (Wildman–Crippen LogP) is 3.39. The second-order valence-corrected chi connectivity index (χ2v) is 7.18. The van der Waals surface area contributed by atoms with Crippen molar-refractivity contribution in [3.63, 3.8) is 0 Å². The lowest BCUT2D eigenvalue weighted by atomic mass is 9.95. The topological polar surface area (TPSA) is 107 Å². The minimum Gasteiger partial charge on any atom is -0.481 e. The molecule has 0 aliphatic rings. The molecule has 2 aromatic rings. The van der Waals surface area contributed by atoms with Gasteiger partial charge in [-0.2, -0.15) is 21.6 Å². The molecule has 29 heavy (non-hydrogen) atoms. The quantitative estimate of drug-likeness (QED) is 0.406. The highest BCUT2D eigenvalue weighted by Gasteiger charge is 2.49. The zero-order valence-electron chi connectivity index (χ0n) is 14.9. The number of ether oxygens (including phenoxy) is 1. The number of carbonyl (C=O) groups is 2. The van der Waals surface area contributed by atoms with Gasteiger partial charge < -0.3 is 14.0 Å². The minimum atomic E-state index is -6.00. The normalized spacial score (nSPS) is 11.7. The van der Waals surface area contributed by atoms with Crippen molar-refractivity contribution in [3.8, 4) is 16.9 Å². The third-order valence-corrected chi connectivity index (χ3v) is 4.57. The number of hydrogen-bond donors (Lipinski definition) is 1. The Morgan fingerprint density at radius 3 is 2.34 bits per heavy atom. The maximum absolute atomic E-state index is 12.8. The number of hydrogen-bond acceptors (Lipinski definition) is 6. The summed E-state index contributed by atoms with van der Waals surface area (Å²) in [6.07, 6.45) is -0.623. The van der Waals surface area contributed by atoms with E-state index in [0.29, 0.717) is 0 Å². The van der Waals surface area contributed by atoms with Crippen LogP contribution in [0.1, 0.15) is 22.8 Å². The summed E-state index contributed by atoms with van der Waals surface area (Å²) in [6, 6.07) is 8.81. The van der Waals surface area contributed by atoms with Crippen LogP contribution in [0.15, 0.2) is 42.5 Å². The van der Waals surface area contributed by atoms with E-state index in [1.165, 1.54) is 30.3 Å². The van der Waals surface area contributed by atoms with Gasteiger partial charge in [-0.15, -0.1) is 0 Å². The number of halogens is 3. The summed E-state index contributed by atoms with van der Waals surface area (Å²) in [7, 11) is -6.00. The van der Waals surface area contributed by atoms with E-state index < -0.39 is 39.7 Å². The molecular formula is C18H15F3O7S. The zero-order valence-corrected chi connectivity index (χ0v) is 15.7. The van der Waals surface area contributed by atoms with Gasteiger partial charge in [0, 0.05) is 5.56 Å². The van der Waals surface area contributed by atoms with E-state index in [-0.39, 0.29) is 28.9 Å². The Bertz CT molecular complexity index is 1030. The maximum Gasteiger partial charge on any atom is 0.534 e. The van der Waals surface area contributed by atoms with Gasteiger partial charge in [0.05, 0.1) is 18.6 Å². The largest absolute Gasteiger partial charge is 0.534 e. The molecule has 0 unspecified atom stereocenters. The second-order valence-electron chi connectivity index (χ2n) is 5.65. The molecule has 2 rings (SSSR count). The number of carbonyl (C=O) groups excluding carboxylic acids is 1. The molecule has 0 bridgehead atoms. The monoisotopic (exact) mass is 432 g/mol. The summed E-state index contributed by atoms with van der Waals surface area (Å²) >= 11 is 0. The summed E-state index contributed by atoms with van der Waals surface area (Å²) in [4.78, 5) is 23.1. The first-order valence-electron chi connectivity index (χ1n) is 8.08. The number of rotatable bonds is 7. The molecule has 0 radical (unpaired) electrons. The van der Waals surface area contributed by atoms with Crippen molar-refractivity contribution in [3.05, 3.63) is 53.6 Å². The Kier molecular flexibility index (Phi) is 6.52. The number of carboxylic acids is 1. The van der Waals surface area contributed by atoms with Crippen molar-refractivity contribution in [2.75, 3.05) is 6.61 Å². The van der Waals surface area contributed by atoms with E-state index >= 15 is 0 Å². The standard InChI is InChI=1S/C18H15F3O7S/c1-2-27-17(24)13-7-3-5-11(9-13)16-12(10-15(22)23)6-4-8-14(16)28-29(25,26)18(19,20)21/h3-9H,2,10H2,1H3,(H,22,23). The van der Waals surface area contributed by atoms with Gasteiger partial charge in [-0.1, -0.05) is 24.3 Å². The van der Waals surface area contributed by atoms with E-state index in [1.54, 1.807) is 6.92 Å². The molecule has 11 heteroatoms.